The minimum Gasteiger partial charge on any atom is -0.302 e. The Morgan fingerprint density at radius 3 is 0.706 bits per heavy atom. The Kier molecular flexibility index (Phi) is 36.2. The zero-order chi connectivity index (χ0) is 15.7. The van der Waals surface area contributed by atoms with Crippen LogP contribution in [0.4, 0.5) is 0 Å². The summed E-state index contributed by atoms with van der Waals surface area (Å²) in [6, 6.07) is 0. The number of rotatable bonds is 2. The van der Waals surface area contributed by atoms with Gasteiger partial charge in [-0.2, -0.15) is 4.31 Å². The van der Waals surface area contributed by atoms with E-state index in [1.807, 2.05) is 0 Å². The van der Waals surface area contributed by atoms with Crippen molar-refractivity contribution in [1.82, 2.24) is 0 Å². The molecule has 0 fully saturated rings. The molecule has 0 aromatic heterocycles. The summed E-state index contributed by atoms with van der Waals surface area (Å²) in [5.41, 5.74) is 0. The standard InChI is InChI=1S/4C2H4.H4O7P2/c4*1-2;1-8(2,3)7-9(4,5)6/h4*1-2H2;(H2,1,2,3)(H2,4,5,6). The van der Waals surface area contributed by atoms with Crippen molar-refractivity contribution in [3.05, 3.63) is 52.6 Å². The highest BCUT2D eigenvalue weighted by Crippen LogP contribution is 2.53. The van der Waals surface area contributed by atoms with Gasteiger partial charge in [-0.05, 0) is 0 Å². The Morgan fingerprint density at radius 1 is 0.588 bits per heavy atom. The lowest BCUT2D eigenvalue weighted by atomic mass is 11.3. The highest BCUT2D eigenvalue weighted by atomic mass is 31.3. The third-order valence-electron chi connectivity index (χ3n) is 0.213. The molecule has 0 aliphatic carbocycles. The Bertz CT molecular complexity index is 204. The fourth-order valence-corrected chi connectivity index (χ4v) is 1.25. The van der Waals surface area contributed by atoms with Crippen LogP contribution in [0.15, 0.2) is 52.6 Å². The van der Waals surface area contributed by atoms with Crippen LogP contribution in [-0.2, 0) is 13.4 Å². The largest absolute Gasteiger partial charge is 0.478 e. The summed E-state index contributed by atoms with van der Waals surface area (Å²) in [6.07, 6.45) is 0. The van der Waals surface area contributed by atoms with E-state index in [1.54, 1.807) is 0 Å². The van der Waals surface area contributed by atoms with Crippen LogP contribution in [0.3, 0.4) is 0 Å². The lowest BCUT2D eigenvalue weighted by Gasteiger charge is -2.03. The summed E-state index contributed by atoms with van der Waals surface area (Å²) in [5, 5.41) is 0. The van der Waals surface area contributed by atoms with E-state index >= 15 is 0 Å². The van der Waals surface area contributed by atoms with Crippen LogP contribution in [0.2, 0.25) is 0 Å². The van der Waals surface area contributed by atoms with Gasteiger partial charge in [0, 0.05) is 0 Å². The van der Waals surface area contributed by atoms with Gasteiger partial charge < -0.3 is 19.6 Å². The first-order valence-corrected chi connectivity index (χ1v) is 6.59. The van der Waals surface area contributed by atoms with Gasteiger partial charge in [0.25, 0.3) is 0 Å². The van der Waals surface area contributed by atoms with Crippen molar-refractivity contribution in [2.45, 2.75) is 0 Å². The molecular weight excluding hydrogens is 270 g/mol. The minimum absolute atomic E-state index is 2.96. The molecule has 9 heteroatoms. The van der Waals surface area contributed by atoms with E-state index in [9.17, 15) is 9.13 Å². The molecule has 0 aromatic rings. The molecule has 0 spiro atoms. The summed E-state index contributed by atoms with van der Waals surface area (Å²) in [7, 11) is -10.1. The van der Waals surface area contributed by atoms with Gasteiger partial charge >= 0.3 is 15.6 Å². The molecule has 0 saturated heterocycles. The Hall–Kier alpha value is -0.780. The molecule has 0 unspecified atom stereocenters. The molecule has 0 rings (SSSR count). The number of hydrogen-bond acceptors (Lipinski definition) is 3. The summed E-state index contributed by atoms with van der Waals surface area (Å²) < 4.78 is 22.2. The molecule has 0 aliphatic rings. The van der Waals surface area contributed by atoms with Gasteiger partial charge in [0.05, 0.1) is 0 Å². The van der Waals surface area contributed by atoms with Crippen molar-refractivity contribution in [2.24, 2.45) is 0 Å². The highest BCUT2D eigenvalue weighted by Gasteiger charge is 2.27. The molecule has 0 heterocycles. The molecular formula is C8H20O7P2. The second kappa shape index (κ2) is 20.6. The van der Waals surface area contributed by atoms with E-state index < -0.39 is 15.6 Å². The van der Waals surface area contributed by atoms with E-state index in [1.165, 1.54) is 0 Å². The second-order valence-corrected chi connectivity index (χ2v) is 3.68. The summed E-state index contributed by atoms with van der Waals surface area (Å²) in [6.45, 7) is 24.0. The molecule has 0 bridgehead atoms. The molecule has 0 saturated carbocycles. The predicted molar refractivity (Wildman–Crippen MR) is 70.2 cm³/mol. The Labute approximate surface area is 102 Å². The van der Waals surface area contributed by atoms with Gasteiger partial charge in [-0.15, -0.1) is 52.6 Å². The van der Waals surface area contributed by atoms with Gasteiger partial charge in [-0.3, -0.25) is 0 Å². The molecule has 0 aliphatic heterocycles. The van der Waals surface area contributed by atoms with Crippen LogP contribution in [0.1, 0.15) is 0 Å². The van der Waals surface area contributed by atoms with Crippen LogP contribution in [0.5, 0.6) is 0 Å². The molecule has 0 aromatic carbocycles. The quantitative estimate of drug-likeness (QED) is 0.454. The number of hydrogen-bond donors (Lipinski definition) is 4. The first kappa shape index (κ1) is 29.8. The zero-order valence-electron chi connectivity index (χ0n) is 9.56. The van der Waals surface area contributed by atoms with Gasteiger partial charge in [-0.1, -0.05) is 0 Å². The van der Waals surface area contributed by atoms with E-state index in [-0.39, 0.29) is 0 Å². The third kappa shape index (κ3) is 97.6. The molecule has 104 valence electrons. The van der Waals surface area contributed by atoms with E-state index in [0.29, 0.717) is 0 Å². The van der Waals surface area contributed by atoms with Crippen LogP contribution >= 0.6 is 15.6 Å². The first-order valence-electron chi connectivity index (χ1n) is 3.53. The maximum atomic E-state index is 9.63. The van der Waals surface area contributed by atoms with Crippen LogP contribution < -0.4 is 0 Å². The van der Waals surface area contributed by atoms with Gasteiger partial charge in [-0.25, -0.2) is 9.13 Å². The van der Waals surface area contributed by atoms with Crippen molar-refractivity contribution in [1.29, 1.82) is 0 Å². The molecule has 7 nitrogen and oxygen atoms in total. The first-order chi connectivity index (χ1) is 7.71. The van der Waals surface area contributed by atoms with Crippen molar-refractivity contribution >= 4 is 15.6 Å². The van der Waals surface area contributed by atoms with Crippen molar-refractivity contribution in [2.75, 3.05) is 0 Å². The fourth-order valence-electron chi connectivity index (χ4n) is 0.139. The van der Waals surface area contributed by atoms with Crippen molar-refractivity contribution in [3.63, 3.8) is 0 Å². The normalized spacial score (nSPS) is 8.24. The van der Waals surface area contributed by atoms with Gasteiger partial charge in [0.1, 0.15) is 0 Å². The maximum Gasteiger partial charge on any atom is 0.478 e. The van der Waals surface area contributed by atoms with Gasteiger partial charge in [0.2, 0.25) is 0 Å². The predicted octanol–water partition coefficient (Wildman–Crippen LogP) is 2.40. The van der Waals surface area contributed by atoms with Crippen LogP contribution in [0, 0.1) is 0 Å². The monoisotopic (exact) mass is 290 g/mol. The highest BCUT2D eigenvalue weighted by molar-refractivity contribution is 7.60. The Morgan fingerprint density at radius 2 is 0.706 bits per heavy atom. The average molecular weight is 290 g/mol. The minimum atomic E-state index is -5.05. The maximum absolute atomic E-state index is 9.63. The average Bonchev–Trinajstić information content (AvgIpc) is 2.24. The molecule has 0 amide bonds. The van der Waals surface area contributed by atoms with Crippen molar-refractivity contribution < 1.29 is 33.0 Å². The Balaban J connectivity index is -0.0000000507. The summed E-state index contributed by atoms with van der Waals surface area (Å²) in [4.78, 5) is 31.0. The molecule has 0 radical (unpaired) electrons. The van der Waals surface area contributed by atoms with E-state index in [4.69, 9.17) is 19.6 Å². The molecule has 17 heavy (non-hydrogen) atoms. The second-order valence-electron chi connectivity index (χ2n) is 1.06. The van der Waals surface area contributed by atoms with E-state index in [0.717, 1.165) is 0 Å². The summed E-state index contributed by atoms with van der Waals surface area (Å²) >= 11 is 0. The summed E-state index contributed by atoms with van der Waals surface area (Å²) in [5.74, 6) is 0. The molecule has 4 N–H and O–H groups in total. The van der Waals surface area contributed by atoms with Crippen LogP contribution in [-0.4, -0.2) is 19.6 Å². The SMILES string of the molecule is C=C.C=C.C=C.C=C.O=P(O)(O)OP(=O)(O)O. The third-order valence-corrected chi connectivity index (χ3v) is 1.91. The molecule has 0 atom stereocenters. The van der Waals surface area contributed by atoms with E-state index in [2.05, 4.69) is 56.9 Å². The van der Waals surface area contributed by atoms with Gasteiger partial charge in [0.15, 0.2) is 0 Å². The lowest BCUT2D eigenvalue weighted by molar-refractivity contribution is 0.225. The smallest absolute Gasteiger partial charge is 0.302 e. The fraction of sp³-hybridized carbons (Fsp3) is 0. The zero-order valence-corrected chi connectivity index (χ0v) is 11.4. The number of phosphoric acid groups is 2. The van der Waals surface area contributed by atoms with Crippen LogP contribution in [0.25, 0.3) is 0 Å². The van der Waals surface area contributed by atoms with Crippen molar-refractivity contribution in [3.8, 4) is 0 Å². The lowest BCUT2D eigenvalue weighted by Crippen LogP contribution is -1.84. The topological polar surface area (TPSA) is 124 Å².